The molecule has 138 valence electrons. The molecule has 25 heavy (non-hydrogen) atoms. The molecule has 1 aromatic rings. The van der Waals surface area contributed by atoms with Crippen LogP contribution in [0.4, 0.5) is 0 Å². The molecular weight excluding hydrogens is 344 g/mol. The third-order valence-corrected chi connectivity index (χ3v) is 4.36. The SMILES string of the molecule is C=C(/C=C(\C)C(=O)N(C)N(C(=C)OCC)S(C)(=O)=O)c1ccnn1C. The number of carbonyl (C=O) groups excluding carboxylic acids is 1. The van der Waals surface area contributed by atoms with Crippen LogP contribution < -0.4 is 0 Å². The molecule has 0 aliphatic carbocycles. The van der Waals surface area contributed by atoms with Gasteiger partial charge in [0.15, 0.2) is 0 Å². The Morgan fingerprint density at radius 2 is 2.04 bits per heavy atom. The number of likely N-dealkylation sites (N-methyl/N-ethyl adjacent to an activating group) is 1. The molecule has 0 N–H and O–H groups in total. The maximum absolute atomic E-state index is 12.6. The zero-order chi connectivity index (χ0) is 19.4. The van der Waals surface area contributed by atoms with Crippen LogP contribution in [0.2, 0.25) is 0 Å². The predicted molar refractivity (Wildman–Crippen MR) is 96.2 cm³/mol. The lowest BCUT2D eigenvalue weighted by molar-refractivity contribution is -0.135. The first-order chi connectivity index (χ1) is 11.5. The topological polar surface area (TPSA) is 84.7 Å². The van der Waals surface area contributed by atoms with Gasteiger partial charge in [-0.15, -0.1) is 4.41 Å². The highest BCUT2D eigenvalue weighted by atomic mass is 32.2. The maximum atomic E-state index is 12.6. The number of hydrogen-bond donors (Lipinski definition) is 0. The standard InChI is InChI=1S/C16H24N4O4S/c1-8-24-14(4)20(25(7,22)23)19(6)16(21)13(3)11-12(2)15-9-10-17-18(15)5/h9-11H,2,4,8H2,1,3,5-7H3/b13-11+. The summed E-state index contributed by atoms with van der Waals surface area (Å²) in [7, 11) is -0.702. The molecule has 0 fully saturated rings. The van der Waals surface area contributed by atoms with Crippen molar-refractivity contribution in [3.8, 4) is 0 Å². The molecule has 0 aliphatic rings. The molecule has 0 bridgehead atoms. The van der Waals surface area contributed by atoms with E-state index in [1.165, 1.54) is 7.05 Å². The molecule has 1 amide bonds. The number of rotatable bonds is 8. The van der Waals surface area contributed by atoms with E-state index in [-0.39, 0.29) is 12.5 Å². The molecule has 0 saturated heterocycles. The molecule has 0 unspecified atom stereocenters. The van der Waals surface area contributed by atoms with Crippen LogP contribution in [0, 0.1) is 0 Å². The van der Waals surface area contributed by atoms with Crippen LogP contribution in [0.5, 0.6) is 0 Å². The summed E-state index contributed by atoms with van der Waals surface area (Å²) in [6, 6.07) is 1.76. The van der Waals surface area contributed by atoms with Gasteiger partial charge in [-0.2, -0.15) is 5.10 Å². The van der Waals surface area contributed by atoms with E-state index in [1.807, 2.05) is 0 Å². The van der Waals surface area contributed by atoms with Crippen LogP contribution in [0.15, 0.2) is 43.0 Å². The van der Waals surface area contributed by atoms with Gasteiger partial charge < -0.3 is 4.74 Å². The average Bonchev–Trinajstić information content (AvgIpc) is 2.91. The van der Waals surface area contributed by atoms with Crippen molar-refractivity contribution in [3.63, 3.8) is 0 Å². The molecule has 0 saturated carbocycles. The minimum atomic E-state index is -3.79. The number of nitrogens with zero attached hydrogens (tertiary/aromatic N) is 4. The van der Waals surface area contributed by atoms with Gasteiger partial charge in [0.1, 0.15) is 0 Å². The van der Waals surface area contributed by atoms with Gasteiger partial charge in [0.05, 0.1) is 18.6 Å². The summed E-state index contributed by atoms with van der Waals surface area (Å²) in [5, 5.41) is 4.98. The number of allylic oxidation sites excluding steroid dienone is 2. The Morgan fingerprint density at radius 3 is 2.48 bits per heavy atom. The quantitative estimate of drug-likeness (QED) is 0.301. The number of hydrogen-bond acceptors (Lipinski definition) is 5. The van der Waals surface area contributed by atoms with Crippen LogP contribution in [-0.4, -0.2) is 53.4 Å². The molecule has 1 rings (SSSR count). The second kappa shape index (κ2) is 8.02. The van der Waals surface area contributed by atoms with Crippen LogP contribution in [0.3, 0.4) is 0 Å². The minimum Gasteiger partial charge on any atom is -0.478 e. The highest BCUT2D eigenvalue weighted by molar-refractivity contribution is 7.88. The summed E-state index contributed by atoms with van der Waals surface area (Å²) in [4.78, 5) is 12.6. The highest BCUT2D eigenvalue weighted by Gasteiger charge is 2.29. The van der Waals surface area contributed by atoms with E-state index < -0.39 is 15.9 Å². The van der Waals surface area contributed by atoms with E-state index in [0.717, 1.165) is 21.4 Å². The number of aryl methyl sites for hydroxylation is 1. The summed E-state index contributed by atoms with van der Waals surface area (Å²) in [5.74, 6) is -0.686. The second-order valence-corrected chi connectivity index (χ2v) is 7.17. The normalized spacial score (nSPS) is 11.8. The molecule has 8 nitrogen and oxygen atoms in total. The number of ether oxygens (including phenoxy) is 1. The number of sulfonamides is 1. The Balaban J connectivity index is 3.10. The van der Waals surface area contributed by atoms with Gasteiger partial charge in [0.2, 0.25) is 5.88 Å². The summed E-state index contributed by atoms with van der Waals surface area (Å²) in [6.07, 6.45) is 4.16. The fourth-order valence-electron chi connectivity index (χ4n) is 2.22. The molecule has 0 aliphatic heterocycles. The van der Waals surface area contributed by atoms with E-state index in [9.17, 15) is 13.2 Å². The Labute approximate surface area is 148 Å². The van der Waals surface area contributed by atoms with Gasteiger partial charge in [-0.3, -0.25) is 9.48 Å². The predicted octanol–water partition coefficient (Wildman–Crippen LogP) is 1.52. The summed E-state index contributed by atoms with van der Waals surface area (Å²) >= 11 is 0. The summed E-state index contributed by atoms with van der Waals surface area (Å²) in [6.45, 7) is 11.0. The van der Waals surface area contributed by atoms with Crippen molar-refractivity contribution in [2.24, 2.45) is 7.05 Å². The summed E-state index contributed by atoms with van der Waals surface area (Å²) in [5.41, 5.74) is 1.62. The van der Waals surface area contributed by atoms with Crippen molar-refractivity contribution in [2.45, 2.75) is 13.8 Å². The van der Waals surface area contributed by atoms with Crippen LogP contribution >= 0.6 is 0 Å². The van der Waals surface area contributed by atoms with Crippen molar-refractivity contribution in [2.75, 3.05) is 19.9 Å². The molecule has 9 heteroatoms. The fourth-order valence-corrected chi connectivity index (χ4v) is 3.16. The van der Waals surface area contributed by atoms with E-state index in [4.69, 9.17) is 4.74 Å². The molecule has 0 spiro atoms. The van der Waals surface area contributed by atoms with Crippen LogP contribution in [0.1, 0.15) is 19.5 Å². The van der Waals surface area contributed by atoms with E-state index in [1.54, 1.807) is 43.9 Å². The van der Waals surface area contributed by atoms with Crippen LogP contribution in [0.25, 0.3) is 5.57 Å². The molecule has 0 atom stereocenters. The van der Waals surface area contributed by atoms with Gasteiger partial charge >= 0.3 is 0 Å². The maximum Gasteiger partial charge on any atom is 0.268 e. The number of amides is 1. The lowest BCUT2D eigenvalue weighted by Crippen LogP contribution is -2.46. The third-order valence-electron chi connectivity index (χ3n) is 3.28. The number of hydrazine groups is 1. The molecule has 1 aromatic heterocycles. The zero-order valence-electron chi connectivity index (χ0n) is 15.2. The average molecular weight is 368 g/mol. The fraction of sp³-hybridized carbons (Fsp3) is 0.375. The minimum absolute atomic E-state index is 0.154. The molecule has 1 heterocycles. The van der Waals surface area contributed by atoms with Crippen molar-refractivity contribution in [1.82, 2.24) is 19.2 Å². The van der Waals surface area contributed by atoms with E-state index in [0.29, 0.717) is 11.1 Å². The first-order valence-corrected chi connectivity index (χ1v) is 9.31. The van der Waals surface area contributed by atoms with Gasteiger partial charge in [-0.1, -0.05) is 6.58 Å². The number of carbonyl (C=O) groups is 1. The Kier molecular flexibility index (Phi) is 6.57. The Morgan fingerprint density at radius 1 is 1.44 bits per heavy atom. The van der Waals surface area contributed by atoms with E-state index >= 15 is 0 Å². The smallest absolute Gasteiger partial charge is 0.268 e. The Bertz CT molecular complexity index is 808. The lowest BCUT2D eigenvalue weighted by Gasteiger charge is -2.31. The monoisotopic (exact) mass is 368 g/mol. The zero-order valence-corrected chi connectivity index (χ0v) is 16.0. The van der Waals surface area contributed by atoms with Crippen molar-refractivity contribution in [3.05, 3.63) is 48.6 Å². The molecule has 0 aromatic carbocycles. The van der Waals surface area contributed by atoms with E-state index in [2.05, 4.69) is 18.3 Å². The van der Waals surface area contributed by atoms with Crippen molar-refractivity contribution < 1.29 is 17.9 Å². The first-order valence-electron chi connectivity index (χ1n) is 7.46. The van der Waals surface area contributed by atoms with Crippen molar-refractivity contribution in [1.29, 1.82) is 0 Å². The second-order valence-electron chi connectivity index (χ2n) is 5.35. The molecule has 0 radical (unpaired) electrons. The Hall–Kier alpha value is -2.55. The van der Waals surface area contributed by atoms with Crippen molar-refractivity contribution >= 4 is 21.5 Å². The van der Waals surface area contributed by atoms with Gasteiger partial charge in [0, 0.05) is 25.9 Å². The van der Waals surface area contributed by atoms with Gasteiger partial charge in [0.25, 0.3) is 15.9 Å². The highest BCUT2D eigenvalue weighted by Crippen LogP contribution is 2.18. The van der Waals surface area contributed by atoms with Gasteiger partial charge in [-0.25, -0.2) is 13.4 Å². The summed E-state index contributed by atoms with van der Waals surface area (Å²) < 4.78 is 31.5. The molecular formula is C16H24N4O4S. The van der Waals surface area contributed by atoms with Gasteiger partial charge in [-0.05, 0) is 38.1 Å². The third kappa shape index (κ3) is 4.96. The first kappa shape index (κ1) is 20.5. The number of aromatic nitrogens is 2. The lowest BCUT2D eigenvalue weighted by atomic mass is 10.1. The van der Waals surface area contributed by atoms with Crippen LogP contribution in [-0.2, 0) is 26.6 Å². The largest absolute Gasteiger partial charge is 0.478 e.